The molecule has 41 heavy (non-hydrogen) atoms. The number of benzene rings is 3. The number of phenols is 1. The summed E-state index contributed by atoms with van der Waals surface area (Å²) in [5, 5.41) is 22.8. The fraction of sp³-hybridized carbons (Fsp3) is 0.294. The maximum absolute atomic E-state index is 10.3. The van der Waals surface area contributed by atoms with Gasteiger partial charge in [0.15, 0.2) is 0 Å². The third-order valence-corrected chi connectivity index (χ3v) is 13.0. The van der Waals surface area contributed by atoms with Crippen LogP contribution in [0.15, 0.2) is 108 Å². The Morgan fingerprint density at radius 3 is 2.24 bits per heavy atom. The third kappa shape index (κ3) is 7.32. The summed E-state index contributed by atoms with van der Waals surface area (Å²) in [7, 11) is -3.56. The van der Waals surface area contributed by atoms with Crippen molar-refractivity contribution in [3.05, 3.63) is 119 Å². The molecule has 0 radical (unpaired) electrons. The van der Waals surface area contributed by atoms with Crippen LogP contribution in [0.5, 0.6) is 5.75 Å². The van der Waals surface area contributed by atoms with Crippen LogP contribution in [0, 0.1) is 0 Å². The van der Waals surface area contributed by atoms with Gasteiger partial charge < -0.3 is 19.2 Å². The summed E-state index contributed by atoms with van der Waals surface area (Å²) in [6.45, 7) is 13.7. The zero-order valence-corrected chi connectivity index (χ0v) is 26.2. The van der Waals surface area contributed by atoms with Gasteiger partial charge >= 0.3 is 7.12 Å². The monoisotopic (exact) mass is 586 g/mol. The Morgan fingerprint density at radius 1 is 1.07 bits per heavy atom. The van der Waals surface area contributed by atoms with Crippen molar-refractivity contribution in [1.29, 1.82) is 0 Å². The van der Waals surface area contributed by atoms with E-state index in [1.54, 1.807) is 12.1 Å². The fourth-order valence-electron chi connectivity index (χ4n) is 5.64. The average molecular weight is 587 g/mol. The topological polar surface area (TPSA) is 58.9 Å². The standard InChI is InChI=1S/C34H40BClO4Si/c1-25(22-27-17-18-28(37)23-32(27)36)16-19-33-31(20-21-35(38)40-33)26(2)24-39-41(34(3,4)5,29-12-8-6-9-13-29)30-14-10-7-11-15-30/h6-15,17-18,20,22-23,33,37-38H,2,16,19,21,24H2,1,3-5H3/b25-22+. The second kappa shape index (κ2) is 13.4. The van der Waals surface area contributed by atoms with Gasteiger partial charge in [-0.1, -0.05) is 117 Å². The number of hydrogen-bond donors (Lipinski definition) is 2. The van der Waals surface area contributed by atoms with Crippen LogP contribution in [0.3, 0.4) is 0 Å². The number of hydrogen-bond acceptors (Lipinski definition) is 4. The molecular formula is C34H40BClO4Si. The molecule has 1 unspecified atom stereocenters. The highest BCUT2D eigenvalue weighted by molar-refractivity contribution is 6.99. The summed E-state index contributed by atoms with van der Waals surface area (Å²) in [5.74, 6) is 0.142. The van der Waals surface area contributed by atoms with E-state index in [-0.39, 0.29) is 16.9 Å². The molecule has 0 amide bonds. The van der Waals surface area contributed by atoms with Crippen molar-refractivity contribution in [3.8, 4) is 5.75 Å². The largest absolute Gasteiger partial charge is 0.508 e. The van der Waals surface area contributed by atoms with Crippen molar-refractivity contribution < 1.29 is 19.2 Å². The van der Waals surface area contributed by atoms with E-state index in [1.165, 1.54) is 16.4 Å². The molecular weight excluding hydrogens is 547 g/mol. The van der Waals surface area contributed by atoms with Gasteiger partial charge in [-0.15, -0.1) is 0 Å². The molecule has 1 aliphatic rings. The quantitative estimate of drug-likeness (QED) is 0.247. The van der Waals surface area contributed by atoms with Crippen molar-refractivity contribution in [2.75, 3.05) is 6.61 Å². The normalized spacial score (nSPS) is 16.4. The van der Waals surface area contributed by atoms with E-state index in [0.717, 1.165) is 28.7 Å². The van der Waals surface area contributed by atoms with Gasteiger partial charge in [0, 0.05) is 6.32 Å². The zero-order chi connectivity index (χ0) is 29.6. The van der Waals surface area contributed by atoms with Gasteiger partial charge in [-0.05, 0) is 70.1 Å². The lowest BCUT2D eigenvalue weighted by Crippen LogP contribution is -2.66. The van der Waals surface area contributed by atoms with E-state index >= 15 is 0 Å². The van der Waals surface area contributed by atoms with E-state index < -0.39 is 15.4 Å². The van der Waals surface area contributed by atoms with Gasteiger partial charge in [-0.3, -0.25) is 0 Å². The molecule has 2 N–H and O–H groups in total. The summed E-state index contributed by atoms with van der Waals surface area (Å²) in [5.41, 5.74) is 3.84. The second-order valence-electron chi connectivity index (χ2n) is 11.8. The third-order valence-electron chi connectivity index (χ3n) is 7.68. The molecule has 0 fully saturated rings. The molecule has 0 saturated carbocycles. The lowest BCUT2D eigenvalue weighted by Gasteiger charge is -2.43. The molecule has 1 atom stereocenters. The summed E-state index contributed by atoms with van der Waals surface area (Å²) >= 11 is 6.30. The van der Waals surface area contributed by atoms with Gasteiger partial charge in [-0.25, -0.2) is 0 Å². The molecule has 4 rings (SSSR count). The minimum atomic E-state index is -2.72. The predicted molar refractivity (Wildman–Crippen MR) is 174 cm³/mol. The van der Waals surface area contributed by atoms with Crippen molar-refractivity contribution >= 4 is 43.5 Å². The van der Waals surface area contributed by atoms with Crippen molar-refractivity contribution in [1.82, 2.24) is 0 Å². The Hall–Kier alpha value is -2.87. The number of aromatic hydroxyl groups is 1. The molecule has 0 bridgehead atoms. The first-order chi connectivity index (χ1) is 19.5. The molecule has 7 heteroatoms. The van der Waals surface area contributed by atoms with Crippen LogP contribution < -0.4 is 10.4 Å². The second-order valence-corrected chi connectivity index (χ2v) is 16.5. The van der Waals surface area contributed by atoms with Crippen LogP contribution >= 0.6 is 11.6 Å². The Labute approximate surface area is 251 Å². The van der Waals surface area contributed by atoms with Crippen molar-refractivity contribution in [2.45, 2.75) is 58.0 Å². The van der Waals surface area contributed by atoms with E-state index in [2.05, 4.69) is 75.9 Å². The number of allylic oxidation sites excluding steroid dienone is 2. The Bertz CT molecular complexity index is 1360. The zero-order valence-electron chi connectivity index (χ0n) is 24.4. The molecule has 214 valence electrons. The highest BCUT2D eigenvalue weighted by Gasteiger charge is 2.50. The first-order valence-electron chi connectivity index (χ1n) is 14.1. The Morgan fingerprint density at radius 2 is 1.68 bits per heavy atom. The van der Waals surface area contributed by atoms with Crippen LogP contribution in [0.1, 0.15) is 46.1 Å². The maximum atomic E-state index is 10.3. The van der Waals surface area contributed by atoms with E-state index in [4.69, 9.17) is 20.7 Å². The molecule has 0 aromatic heterocycles. The lowest BCUT2D eigenvalue weighted by atomic mass is 9.78. The number of phenolic OH excluding ortho intramolecular Hbond substituents is 1. The van der Waals surface area contributed by atoms with Gasteiger partial charge in [0.05, 0.1) is 17.7 Å². The highest BCUT2D eigenvalue weighted by atomic mass is 35.5. The van der Waals surface area contributed by atoms with E-state index in [9.17, 15) is 10.1 Å². The van der Waals surface area contributed by atoms with Crippen molar-refractivity contribution in [3.63, 3.8) is 0 Å². The van der Waals surface area contributed by atoms with Gasteiger partial charge in [0.2, 0.25) is 0 Å². The molecule has 0 spiro atoms. The Kier molecular flexibility index (Phi) is 10.2. The fourth-order valence-corrected chi connectivity index (χ4v) is 10.4. The molecule has 3 aromatic carbocycles. The number of halogens is 1. The minimum Gasteiger partial charge on any atom is -0.508 e. The van der Waals surface area contributed by atoms with Crippen LogP contribution in [0.4, 0.5) is 0 Å². The Balaban J connectivity index is 1.55. The molecule has 3 aromatic rings. The van der Waals surface area contributed by atoms with Crippen LogP contribution in [-0.2, 0) is 9.08 Å². The van der Waals surface area contributed by atoms with E-state index in [0.29, 0.717) is 24.4 Å². The first kappa shape index (κ1) is 31.1. The summed E-state index contributed by atoms with van der Waals surface area (Å²) in [4.78, 5) is 0. The smallest absolute Gasteiger partial charge is 0.458 e. The summed E-state index contributed by atoms with van der Waals surface area (Å²) in [6.07, 6.45) is 5.61. The molecule has 0 saturated heterocycles. The molecule has 1 heterocycles. The van der Waals surface area contributed by atoms with Crippen molar-refractivity contribution in [2.24, 2.45) is 0 Å². The van der Waals surface area contributed by atoms with E-state index in [1.807, 2.05) is 31.2 Å². The van der Waals surface area contributed by atoms with Gasteiger partial charge in [0.1, 0.15) is 5.75 Å². The molecule has 4 nitrogen and oxygen atoms in total. The van der Waals surface area contributed by atoms with Crippen LogP contribution in [0.25, 0.3) is 6.08 Å². The van der Waals surface area contributed by atoms with Crippen LogP contribution in [0.2, 0.25) is 16.4 Å². The lowest BCUT2D eigenvalue weighted by molar-refractivity contribution is 0.181. The molecule has 1 aliphatic heterocycles. The van der Waals surface area contributed by atoms with Gasteiger partial charge in [-0.2, -0.15) is 0 Å². The van der Waals surface area contributed by atoms with Crippen LogP contribution in [-0.4, -0.2) is 38.3 Å². The average Bonchev–Trinajstić information content (AvgIpc) is 2.94. The summed E-state index contributed by atoms with van der Waals surface area (Å²) < 4.78 is 13.1. The predicted octanol–water partition coefficient (Wildman–Crippen LogP) is 7.17. The SMILES string of the molecule is C=C(CO[Si](c1ccccc1)(c1ccccc1)C(C)(C)C)C1=CCB(O)OC1CC/C(C)=C/c1ccc(O)cc1Cl. The number of rotatable bonds is 10. The first-order valence-corrected chi connectivity index (χ1v) is 16.4. The maximum Gasteiger partial charge on any atom is 0.458 e. The summed E-state index contributed by atoms with van der Waals surface area (Å²) in [6, 6.07) is 26.1. The molecule has 0 aliphatic carbocycles. The minimum absolute atomic E-state index is 0.138. The highest BCUT2D eigenvalue weighted by Crippen LogP contribution is 2.38. The van der Waals surface area contributed by atoms with Gasteiger partial charge in [0.25, 0.3) is 8.32 Å².